The van der Waals surface area contributed by atoms with E-state index >= 15 is 0 Å². The van der Waals surface area contributed by atoms with Gasteiger partial charge in [0, 0.05) is 38.0 Å². The molecular weight excluding hydrogens is 373 g/mol. The van der Waals surface area contributed by atoms with E-state index in [2.05, 4.69) is 4.90 Å². The number of halogens is 1. The SMILES string of the molecule is COC1CCN(c2ccc([N+](=O)[O-])c(I)c2)C(CN)C1. The van der Waals surface area contributed by atoms with E-state index in [0.717, 1.165) is 25.1 Å². The highest BCUT2D eigenvalue weighted by Crippen LogP contribution is 2.30. The highest BCUT2D eigenvalue weighted by atomic mass is 127. The number of rotatable bonds is 4. The third-order valence-electron chi connectivity index (χ3n) is 3.73. The van der Waals surface area contributed by atoms with Crippen LogP contribution in [0.2, 0.25) is 0 Å². The molecule has 0 amide bonds. The molecule has 1 heterocycles. The standard InChI is InChI=1S/C13H18IN3O3/c1-20-11-4-5-16(10(6-11)8-15)9-2-3-13(17(18)19)12(14)7-9/h2-3,7,10-11H,4-6,8,15H2,1H3. The fraction of sp³-hybridized carbons (Fsp3) is 0.538. The highest BCUT2D eigenvalue weighted by Gasteiger charge is 2.28. The zero-order valence-electron chi connectivity index (χ0n) is 11.3. The van der Waals surface area contributed by atoms with E-state index in [1.165, 1.54) is 0 Å². The van der Waals surface area contributed by atoms with Crippen molar-refractivity contribution in [2.24, 2.45) is 5.73 Å². The lowest BCUT2D eigenvalue weighted by molar-refractivity contribution is -0.385. The average Bonchev–Trinajstić information content (AvgIpc) is 2.46. The minimum Gasteiger partial charge on any atom is -0.381 e. The maximum atomic E-state index is 10.9. The van der Waals surface area contributed by atoms with Gasteiger partial charge in [0.2, 0.25) is 0 Å². The first-order chi connectivity index (χ1) is 9.56. The molecule has 20 heavy (non-hydrogen) atoms. The molecule has 2 rings (SSSR count). The van der Waals surface area contributed by atoms with E-state index in [-0.39, 0.29) is 22.8 Å². The predicted octanol–water partition coefficient (Wildman–Crippen LogP) is 2.14. The molecular formula is C13H18IN3O3. The Kier molecular flexibility index (Phi) is 5.17. The molecule has 0 spiro atoms. The molecule has 2 N–H and O–H groups in total. The largest absolute Gasteiger partial charge is 0.381 e. The number of benzene rings is 1. The Bertz CT molecular complexity index is 498. The van der Waals surface area contributed by atoms with Crippen LogP contribution in [0.3, 0.4) is 0 Å². The molecule has 6 nitrogen and oxygen atoms in total. The number of anilines is 1. The van der Waals surface area contributed by atoms with E-state index in [1.54, 1.807) is 19.2 Å². The summed E-state index contributed by atoms with van der Waals surface area (Å²) in [5, 5.41) is 10.9. The second kappa shape index (κ2) is 6.68. The summed E-state index contributed by atoms with van der Waals surface area (Å²) in [6.45, 7) is 1.40. The summed E-state index contributed by atoms with van der Waals surface area (Å²) in [4.78, 5) is 12.7. The summed E-state index contributed by atoms with van der Waals surface area (Å²) in [6.07, 6.45) is 2.08. The number of nitro benzene ring substituents is 1. The van der Waals surface area contributed by atoms with Crippen LogP contribution in [0, 0.1) is 13.7 Å². The summed E-state index contributed by atoms with van der Waals surface area (Å²) in [6, 6.07) is 5.43. The molecule has 1 aliphatic rings. The van der Waals surface area contributed by atoms with Crippen molar-refractivity contribution in [2.45, 2.75) is 25.0 Å². The monoisotopic (exact) mass is 391 g/mol. The molecule has 7 heteroatoms. The second-order valence-corrected chi connectivity index (χ2v) is 6.02. The number of ether oxygens (including phenoxy) is 1. The number of nitrogens with zero attached hydrogens (tertiary/aromatic N) is 2. The Balaban J connectivity index is 2.22. The third-order valence-corrected chi connectivity index (χ3v) is 4.60. The van der Waals surface area contributed by atoms with Gasteiger partial charge in [0.25, 0.3) is 5.69 Å². The predicted molar refractivity (Wildman–Crippen MR) is 86.0 cm³/mol. The van der Waals surface area contributed by atoms with Crippen molar-refractivity contribution in [3.8, 4) is 0 Å². The van der Waals surface area contributed by atoms with Gasteiger partial charge in [0.05, 0.1) is 14.6 Å². The number of hydrogen-bond acceptors (Lipinski definition) is 5. The van der Waals surface area contributed by atoms with Crippen LogP contribution in [0.1, 0.15) is 12.8 Å². The molecule has 1 fully saturated rings. The first-order valence-electron chi connectivity index (χ1n) is 6.50. The lowest BCUT2D eigenvalue weighted by atomic mass is 9.98. The number of hydrogen-bond donors (Lipinski definition) is 1. The van der Waals surface area contributed by atoms with E-state index in [4.69, 9.17) is 10.5 Å². The number of nitro groups is 1. The van der Waals surface area contributed by atoms with Crippen LogP contribution in [-0.4, -0.2) is 37.3 Å². The first-order valence-corrected chi connectivity index (χ1v) is 7.58. The van der Waals surface area contributed by atoms with Gasteiger partial charge in [0.1, 0.15) is 0 Å². The van der Waals surface area contributed by atoms with Crippen LogP contribution in [0.4, 0.5) is 11.4 Å². The van der Waals surface area contributed by atoms with Crippen molar-refractivity contribution in [2.75, 3.05) is 25.1 Å². The van der Waals surface area contributed by atoms with Gasteiger partial charge in [-0.15, -0.1) is 0 Å². The molecule has 1 aromatic carbocycles. The summed E-state index contributed by atoms with van der Waals surface area (Å²) >= 11 is 2.00. The highest BCUT2D eigenvalue weighted by molar-refractivity contribution is 14.1. The smallest absolute Gasteiger partial charge is 0.282 e. The van der Waals surface area contributed by atoms with Gasteiger partial charge in [-0.25, -0.2) is 0 Å². The fourth-order valence-corrected chi connectivity index (χ4v) is 3.31. The molecule has 0 aliphatic carbocycles. The number of piperidine rings is 1. The van der Waals surface area contributed by atoms with E-state index in [9.17, 15) is 10.1 Å². The second-order valence-electron chi connectivity index (χ2n) is 4.86. The summed E-state index contributed by atoms with van der Waals surface area (Å²) < 4.78 is 6.06. The Labute approximate surface area is 131 Å². The quantitative estimate of drug-likeness (QED) is 0.483. The van der Waals surface area contributed by atoms with Crippen molar-refractivity contribution < 1.29 is 9.66 Å². The van der Waals surface area contributed by atoms with Gasteiger partial charge in [-0.05, 0) is 47.6 Å². The van der Waals surface area contributed by atoms with Crippen LogP contribution < -0.4 is 10.6 Å². The molecule has 1 aliphatic heterocycles. The minimum absolute atomic E-state index is 0.144. The fourth-order valence-electron chi connectivity index (χ4n) is 2.61. The Morgan fingerprint density at radius 3 is 2.90 bits per heavy atom. The average molecular weight is 391 g/mol. The van der Waals surface area contributed by atoms with Crippen molar-refractivity contribution >= 4 is 34.0 Å². The third kappa shape index (κ3) is 3.21. The van der Waals surface area contributed by atoms with Crippen LogP contribution in [0.25, 0.3) is 0 Å². The molecule has 2 unspecified atom stereocenters. The van der Waals surface area contributed by atoms with Gasteiger partial charge in [-0.3, -0.25) is 10.1 Å². The Morgan fingerprint density at radius 2 is 2.35 bits per heavy atom. The van der Waals surface area contributed by atoms with Gasteiger partial charge >= 0.3 is 0 Å². The minimum atomic E-state index is -0.358. The van der Waals surface area contributed by atoms with Gasteiger partial charge in [0.15, 0.2) is 0 Å². The zero-order valence-corrected chi connectivity index (χ0v) is 13.4. The molecule has 0 bridgehead atoms. The number of nitrogens with two attached hydrogens (primary N) is 1. The lowest BCUT2D eigenvalue weighted by Crippen LogP contribution is -2.48. The Hall–Kier alpha value is -0.930. The maximum Gasteiger partial charge on any atom is 0.282 e. The zero-order chi connectivity index (χ0) is 14.7. The Morgan fingerprint density at radius 1 is 1.60 bits per heavy atom. The van der Waals surface area contributed by atoms with Crippen LogP contribution >= 0.6 is 22.6 Å². The van der Waals surface area contributed by atoms with Crippen LogP contribution in [0.15, 0.2) is 18.2 Å². The molecule has 110 valence electrons. The van der Waals surface area contributed by atoms with Gasteiger partial charge in [-0.1, -0.05) is 0 Å². The normalized spacial score (nSPS) is 22.9. The molecule has 2 atom stereocenters. The van der Waals surface area contributed by atoms with Gasteiger partial charge in [-0.2, -0.15) is 0 Å². The summed E-state index contributed by atoms with van der Waals surface area (Å²) in [7, 11) is 1.72. The van der Waals surface area contributed by atoms with Gasteiger partial charge < -0.3 is 15.4 Å². The number of methoxy groups -OCH3 is 1. The van der Waals surface area contributed by atoms with Crippen molar-refractivity contribution in [3.63, 3.8) is 0 Å². The van der Waals surface area contributed by atoms with E-state index in [0.29, 0.717) is 10.1 Å². The summed E-state index contributed by atoms with van der Waals surface area (Å²) in [5.74, 6) is 0. The topological polar surface area (TPSA) is 81.6 Å². The molecule has 1 saturated heterocycles. The maximum absolute atomic E-state index is 10.9. The molecule has 0 radical (unpaired) electrons. The lowest BCUT2D eigenvalue weighted by Gasteiger charge is -2.40. The summed E-state index contributed by atoms with van der Waals surface area (Å²) in [5.41, 5.74) is 6.99. The van der Waals surface area contributed by atoms with E-state index < -0.39 is 0 Å². The van der Waals surface area contributed by atoms with E-state index in [1.807, 2.05) is 28.7 Å². The van der Waals surface area contributed by atoms with Crippen LogP contribution in [0.5, 0.6) is 0 Å². The van der Waals surface area contributed by atoms with Crippen molar-refractivity contribution in [1.82, 2.24) is 0 Å². The molecule has 0 saturated carbocycles. The first kappa shape index (κ1) is 15.5. The molecule has 1 aromatic rings. The van der Waals surface area contributed by atoms with Crippen molar-refractivity contribution in [1.29, 1.82) is 0 Å². The van der Waals surface area contributed by atoms with Crippen molar-refractivity contribution in [3.05, 3.63) is 31.9 Å². The van der Waals surface area contributed by atoms with Crippen LogP contribution in [-0.2, 0) is 4.74 Å². The molecule has 0 aromatic heterocycles.